The number of benzene rings is 3. The zero-order valence-corrected chi connectivity index (χ0v) is 17.1. The molecule has 0 saturated heterocycles. The molecule has 31 heavy (non-hydrogen) atoms. The number of hydrogen-bond acceptors (Lipinski definition) is 4. The van der Waals surface area contributed by atoms with Crippen molar-refractivity contribution in [2.75, 3.05) is 13.7 Å². The maximum atomic E-state index is 12.6. The van der Waals surface area contributed by atoms with Gasteiger partial charge in [-0.05, 0) is 39.9 Å². The highest BCUT2D eigenvalue weighted by Crippen LogP contribution is 2.44. The summed E-state index contributed by atoms with van der Waals surface area (Å²) in [5.41, 5.74) is 5.16. The summed E-state index contributed by atoms with van der Waals surface area (Å²) < 4.78 is 10.8. The fourth-order valence-electron chi connectivity index (χ4n) is 4.07. The van der Waals surface area contributed by atoms with E-state index < -0.39 is 18.1 Å². The van der Waals surface area contributed by atoms with Crippen LogP contribution in [0.1, 0.15) is 35.1 Å². The van der Waals surface area contributed by atoms with E-state index in [4.69, 9.17) is 9.47 Å². The van der Waals surface area contributed by atoms with Gasteiger partial charge in [-0.3, -0.25) is 4.79 Å². The van der Waals surface area contributed by atoms with Crippen LogP contribution in [0.15, 0.2) is 72.8 Å². The second-order valence-electron chi connectivity index (χ2n) is 7.40. The first-order valence-corrected chi connectivity index (χ1v) is 10.0. The van der Waals surface area contributed by atoms with E-state index in [0.717, 1.165) is 22.3 Å². The number of aliphatic carboxylic acids is 1. The fraction of sp³-hybridized carbons (Fsp3) is 0.200. The van der Waals surface area contributed by atoms with Crippen LogP contribution in [-0.4, -0.2) is 30.9 Å². The van der Waals surface area contributed by atoms with Crippen molar-refractivity contribution in [2.45, 2.75) is 18.4 Å². The molecular formula is C25H23NO5. The van der Waals surface area contributed by atoms with E-state index in [1.807, 2.05) is 36.4 Å². The van der Waals surface area contributed by atoms with Crippen molar-refractivity contribution in [3.05, 3.63) is 89.5 Å². The predicted molar refractivity (Wildman–Crippen MR) is 116 cm³/mol. The van der Waals surface area contributed by atoms with Crippen molar-refractivity contribution in [3.63, 3.8) is 0 Å². The largest absolute Gasteiger partial charge is 0.497 e. The summed E-state index contributed by atoms with van der Waals surface area (Å²) in [6.07, 6.45) is -0.923. The third kappa shape index (κ3) is 4.38. The molecule has 0 heterocycles. The maximum Gasteiger partial charge on any atom is 0.407 e. The molecule has 0 unspecified atom stereocenters. The third-order valence-corrected chi connectivity index (χ3v) is 5.51. The van der Waals surface area contributed by atoms with E-state index in [1.54, 1.807) is 24.3 Å². The molecular weight excluding hydrogens is 394 g/mol. The second kappa shape index (κ2) is 8.92. The molecule has 0 aliphatic heterocycles. The van der Waals surface area contributed by atoms with Crippen LogP contribution in [0, 0.1) is 0 Å². The summed E-state index contributed by atoms with van der Waals surface area (Å²) >= 11 is 0. The summed E-state index contributed by atoms with van der Waals surface area (Å²) in [5.74, 6) is -0.498. The molecule has 1 atom stereocenters. The van der Waals surface area contributed by atoms with Gasteiger partial charge in [0, 0.05) is 5.92 Å². The number of carboxylic acids is 1. The second-order valence-corrected chi connectivity index (χ2v) is 7.40. The molecule has 1 amide bonds. The number of methoxy groups -OCH3 is 1. The molecule has 3 aromatic carbocycles. The Bertz CT molecular complexity index is 1060. The Balaban J connectivity index is 1.48. The van der Waals surface area contributed by atoms with Crippen LogP contribution in [0.2, 0.25) is 0 Å². The molecule has 1 aliphatic carbocycles. The highest BCUT2D eigenvalue weighted by molar-refractivity contribution is 5.79. The van der Waals surface area contributed by atoms with Gasteiger partial charge >= 0.3 is 12.1 Å². The summed E-state index contributed by atoms with van der Waals surface area (Å²) in [7, 11) is 1.53. The Morgan fingerprint density at radius 3 is 2.23 bits per heavy atom. The van der Waals surface area contributed by atoms with Crippen LogP contribution in [0.4, 0.5) is 4.79 Å². The molecule has 6 heteroatoms. The van der Waals surface area contributed by atoms with Crippen molar-refractivity contribution in [2.24, 2.45) is 0 Å². The van der Waals surface area contributed by atoms with E-state index in [-0.39, 0.29) is 18.9 Å². The van der Waals surface area contributed by atoms with Gasteiger partial charge in [-0.1, -0.05) is 60.7 Å². The molecule has 0 aromatic heterocycles. The first-order chi connectivity index (χ1) is 15.1. The van der Waals surface area contributed by atoms with Gasteiger partial charge < -0.3 is 19.9 Å². The number of amides is 1. The first-order valence-electron chi connectivity index (χ1n) is 10.0. The average Bonchev–Trinajstić information content (AvgIpc) is 3.11. The average molecular weight is 417 g/mol. The SMILES string of the molecule is COc1cccc([C@H](CC(=O)O)NC(=O)OCC2c3ccccc3-c3ccccc32)c1. The molecule has 3 aromatic rings. The monoisotopic (exact) mass is 417 g/mol. The Labute approximate surface area is 180 Å². The lowest BCUT2D eigenvalue weighted by Gasteiger charge is -2.19. The Hall–Kier alpha value is -3.80. The van der Waals surface area contributed by atoms with Crippen LogP contribution in [-0.2, 0) is 9.53 Å². The summed E-state index contributed by atoms with van der Waals surface area (Å²) in [6, 6.07) is 22.4. The van der Waals surface area contributed by atoms with Gasteiger partial charge in [-0.2, -0.15) is 0 Å². The van der Waals surface area contributed by atoms with Crippen LogP contribution in [0.25, 0.3) is 11.1 Å². The van der Waals surface area contributed by atoms with Crippen molar-refractivity contribution >= 4 is 12.1 Å². The number of rotatable bonds is 7. The molecule has 1 aliphatic rings. The first kappa shape index (κ1) is 20.5. The third-order valence-electron chi connectivity index (χ3n) is 5.51. The standard InChI is InChI=1S/C25H23NO5/c1-30-17-8-6-7-16(13-17)23(14-24(27)28)26-25(29)31-15-22-20-11-4-2-9-18(20)19-10-3-5-12-21(19)22/h2-13,22-23H,14-15H2,1H3,(H,26,29)(H,27,28)/t23-/m0/s1. The van der Waals surface area contributed by atoms with Crippen LogP contribution in [0.5, 0.6) is 5.75 Å². The normalized spacial score (nSPS) is 13.1. The van der Waals surface area contributed by atoms with Crippen molar-refractivity contribution in [3.8, 4) is 16.9 Å². The maximum absolute atomic E-state index is 12.6. The van der Waals surface area contributed by atoms with Crippen LogP contribution >= 0.6 is 0 Å². The minimum Gasteiger partial charge on any atom is -0.497 e. The lowest BCUT2D eigenvalue weighted by atomic mass is 9.98. The molecule has 0 fully saturated rings. The lowest BCUT2D eigenvalue weighted by molar-refractivity contribution is -0.137. The summed E-state index contributed by atoms with van der Waals surface area (Å²) in [6.45, 7) is 0.164. The Kier molecular flexibility index (Phi) is 5.89. The summed E-state index contributed by atoms with van der Waals surface area (Å²) in [5, 5.41) is 12.0. The summed E-state index contributed by atoms with van der Waals surface area (Å²) in [4.78, 5) is 23.9. The predicted octanol–water partition coefficient (Wildman–Crippen LogP) is 4.75. The van der Waals surface area contributed by atoms with Crippen LogP contribution in [0.3, 0.4) is 0 Å². The number of ether oxygens (including phenoxy) is 2. The minimum absolute atomic E-state index is 0.0621. The van der Waals surface area contributed by atoms with Gasteiger partial charge in [-0.25, -0.2) is 4.79 Å². The van der Waals surface area contributed by atoms with E-state index >= 15 is 0 Å². The quantitative estimate of drug-likeness (QED) is 0.580. The molecule has 0 radical (unpaired) electrons. The molecule has 2 N–H and O–H groups in total. The van der Waals surface area contributed by atoms with Crippen molar-refractivity contribution in [1.82, 2.24) is 5.32 Å². The zero-order valence-electron chi connectivity index (χ0n) is 17.1. The number of nitrogens with one attached hydrogen (secondary N) is 1. The number of hydrogen-bond donors (Lipinski definition) is 2. The highest BCUT2D eigenvalue weighted by Gasteiger charge is 2.29. The molecule has 0 spiro atoms. The molecule has 6 nitrogen and oxygen atoms in total. The van der Waals surface area contributed by atoms with E-state index in [0.29, 0.717) is 11.3 Å². The number of carbonyl (C=O) groups excluding carboxylic acids is 1. The molecule has 158 valence electrons. The number of carboxylic acid groups (broad SMARTS) is 1. The van der Waals surface area contributed by atoms with Crippen molar-refractivity contribution < 1.29 is 24.2 Å². The Morgan fingerprint density at radius 2 is 1.61 bits per heavy atom. The minimum atomic E-state index is -1.02. The van der Waals surface area contributed by atoms with Crippen molar-refractivity contribution in [1.29, 1.82) is 0 Å². The fourth-order valence-corrected chi connectivity index (χ4v) is 4.07. The molecule has 0 bridgehead atoms. The zero-order chi connectivity index (χ0) is 21.8. The van der Waals surface area contributed by atoms with Gasteiger partial charge in [0.15, 0.2) is 0 Å². The van der Waals surface area contributed by atoms with Gasteiger partial charge in [-0.15, -0.1) is 0 Å². The molecule has 4 rings (SSSR count). The van der Waals surface area contributed by atoms with E-state index in [1.165, 1.54) is 7.11 Å². The van der Waals surface area contributed by atoms with E-state index in [2.05, 4.69) is 17.4 Å². The van der Waals surface area contributed by atoms with Gasteiger partial charge in [0.2, 0.25) is 0 Å². The topological polar surface area (TPSA) is 84.9 Å². The van der Waals surface area contributed by atoms with Gasteiger partial charge in [0.1, 0.15) is 12.4 Å². The van der Waals surface area contributed by atoms with Gasteiger partial charge in [0.25, 0.3) is 0 Å². The number of alkyl carbamates (subject to hydrolysis) is 1. The highest BCUT2D eigenvalue weighted by atomic mass is 16.5. The number of carbonyl (C=O) groups is 2. The van der Waals surface area contributed by atoms with Crippen LogP contribution < -0.4 is 10.1 Å². The number of fused-ring (bicyclic) bond motifs is 3. The molecule has 0 saturated carbocycles. The van der Waals surface area contributed by atoms with Gasteiger partial charge in [0.05, 0.1) is 19.6 Å². The van der Waals surface area contributed by atoms with E-state index in [9.17, 15) is 14.7 Å². The lowest BCUT2D eigenvalue weighted by Crippen LogP contribution is -2.31. The Morgan fingerprint density at radius 1 is 0.968 bits per heavy atom. The smallest absolute Gasteiger partial charge is 0.407 e.